The number of nitrogens with zero attached hydrogens (tertiary/aromatic N) is 3. The van der Waals surface area contributed by atoms with E-state index in [0.717, 1.165) is 0 Å². The van der Waals surface area contributed by atoms with Crippen LogP contribution in [0.2, 0.25) is 0 Å². The van der Waals surface area contributed by atoms with Crippen molar-refractivity contribution in [3.8, 4) is 0 Å². The molecule has 10 heteroatoms. The first-order valence-electron chi connectivity index (χ1n) is 5.97. The number of nitrogens with two attached hydrogens (primary N) is 2. The van der Waals surface area contributed by atoms with Gasteiger partial charge < -0.3 is 26.4 Å². The molecule has 1 fully saturated rings. The highest BCUT2D eigenvalue weighted by molar-refractivity contribution is 5.70. The predicted molar refractivity (Wildman–Crippen MR) is 67.5 cm³/mol. The SMILES string of the molecule is NC[C@@H]1O[C@H](n2cnc3c(=O)[nH]c(N)nc32)[C@@H](O)[C@@H]1O. The number of aliphatic hydroxyl groups is 2. The smallest absolute Gasteiger partial charge is 0.280 e. The van der Waals surface area contributed by atoms with Crippen LogP contribution in [0.25, 0.3) is 11.2 Å². The first kappa shape index (κ1) is 13.0. The summed E-state index contributed by atoms with van der Waals surface area (Å²) in [4.78, 5) is 21.9. The van der Waals surface area contributed by atoms with Gasteiger partial charge in [-0.2, -0.15) is 4.98 Å². The van der Waals surface area contributed by atoms with Gasteiger partial charge in [-0.15, -0.1) is 0 Å². The van der Waals surface area contributed by atoms with Crippen molar-refractivity contribution < 1.29 is 14.9 Å². The molecule has 0 amide bonds. The van der Waals surface area contributed by atoms with Gasteiger partial charge in [-0.25, -0.2) is 4.98 Å². The molecule has 20 heavy (non-hydrogen) atoms. The maximum Gasteiger partial charge on any atom is 0.280 e. The number of hydrogen-bond donors (Lipinski definition) is 5. The Hall–Kier alpha value is -2.01. The van der Waals surface area contributed by atoms with Gasteiger partial charge in [0.15, 0.2) is 17.4 Å². The van der Waals surface area contributed by atoms with Crippen molar-refractivity contribution >= 4 is 17.1 Å². The lowest BCUT2D eigenvalue weighted by molar-refractivity contribution is -0.0321. The third-order valence-electron chi connectivity index (χ3n) is 3.29. The molecule has 2 aromatic rings. The Labute approximate surface area is 112 Å². The molecule has 0 bridgehead atoms. The van der Waals surface area contributed by atoms with Crippen molar-refractivity contribution in [2.45, 2.75) is 24.5 Å². The zero-order valence-corrected chi connectivity index (χ0v) is 10.3. The number of H-pyrrole nitrogens is 1. The molecule has 0 unspecified atom stereocenters. The molecule has 3 heterocycles. The Bertz CT molecular complexity index is 697. The Morgan fingerprint density at radius 3 is 2.85 bits per heavy atom. The van der Waals surface area contributed by atoms with Crippen LogP contribution in [0.15, 0.2) is 11.1 Å². The molecule has 0 radical (unpaired) electrons. The van der Waals surface area contributed by atoms with Crippen molar-refractivity contribution in [2.24, 2.45) is 5.73 Å². The minimum absolute atomic E-state index is 0.0531. The van der Waals surface area contributed by atoms with Gasteiger partial charge in [0, 0.05) is 6.54 Å². The van der Waals surface area contributed by atoms with E-state index < -0.39 is 30.1 Å². The second kappa shape index (κ2) is 4.52. The Morgan fingerprint density at radius 2 is 2.20 bits per heavy atom. The molecule has 7 N–H and O–H groups in total. The highest BCUT2D eigenvalue weighted by Crippen LogP contribution is 2.30. The van der Waals surface area contributed by atoms with Crippen molar-refractivity contribution in [3.05, 3.63) is 16.7 Å². The van der Waals surface area contributed by atoms with Crippen LogP contribution in [0.1, 0.15) is 6.23 Å². The number of nitrogen functional groups attached to an aromatic ring is 1. The average molecular weight is 282 g/mol. The first-order chi connectivity index (χ1) is 9.52. The number of imidazole rings is 1. The van der Waals surface area contributed by atoms with Gasteiger partial charge in [0.1, 0.15) is 18.3 Å². The van der Waals surface area contributed by atoms with Gasteiger partial charge in [-0.1, -0.05) is 0 Å². The van der Waals surface area contributed by atoms with Crippen LogP contribution in [0.3, 0.4) is 0 Å². The van der Waals surface area contributed by atoms with Crippen molar-refractivity contribution in [1.82, 2.24) is 19.5 Å². The number of fused-ring (bicyclic) bond motifs is 1. The number of aromatic nitrogens is 4. The van der Waals surface area contributed by atoms with E-state index in [-0.39, 0.29) is 23.7 Å². The molecule has 1 aliphatic heterocycles. The predicted octanol–water partition coefficient (Wildman–Crippen LogP) is -2.72. The van der Waals surface area contributed by atoms with Crippen molar-refractivity contribution in [1.29, 1.82) is 0 Å². The second-order valence-corrected chi connectivity index (χ2v) is 4.56. The van der Waals surface area contributed by atoms with E-state index in [1.165, 1.54) is 10.9 Å². The lowest BCUT2D eigenvalue weighted by Crippen LogP contribution is -2.35. The third-order valence-corrected chi connectivity index (χ3v) is 3.29. The van der Waals surface area contributed by atoms with Gasteiger partial charge in [-0.3, -0.25) is 14.3 Å². The summed E-state index contributed by atoms with van der Waals surface area (Å²) in [5.41, 5.74) is 10.7. The molecular weight excluding hydrogens is 268 g/mol. The highest BCUT2D eigenvalue weighted by Gasteiger charge is 2.43. The van der Waals surface area contributed by atoms with Gasteiger partial charge in [0.05, 0.1) is 6.33 Å². The Morgan fingerprint density at radius 1 is 1.45 bits per heavy atom. The van der Waals surface area contributed by atoms with Crippen LogP contribution >= 0.6 is 0 Å². The van der Waals surface area contributed by atoms with Gasteiger partial charge in [-0.05, 0) is 0 Å². The van der Waals surface area contributed by atoms with Crippen LogP contribution in [-0.2, 0) is 4.74 Å². The van der Waals surface area contributed by atoms with Crippen molar-refractivity contribution in [2.75, 3.05) is 12.3 Å². The fraction of sp³-hybridized carbons (Fsp3) is 0.500. The lowest BCUT2D eigenvalue weighted by atomic mass is 10.1. The number of ether oxygens (including phenoxy) is 1. The topological polar surface area (TPSA) is 165 Å². The molecule has 10 nitrogen and oxygen atoms in total. The number of aromatic amines is 1. The quantitative estimate of drug-likeness (QED) is 0.396. The number of anilines is 1. The molecule has 0 aliphatic carbocycles. The largest absolute Gasteiger partial charge is 0.387 e. The number of rotatable bonds is 2. The summed E-state index contributed by atoms with van der Waals surface area (Å²) in [6, 6.07) is 0. The fourth-order valence-electron chi connectivity index (χ4n) is 2.28. The van der Waals surface area contributed by atoms with Gasteiger partial charge in [0.25, 0.3) is 5.56 Å². The highest BCUT2D eigenvalue weighted by atomic mass is 16.6. The summed E-state index contributed by atoms with van der Waals surface area (Å²) in [5.74, 6) is -0.0762. The summed E-state index contributed by atoms with van der Waals surface area (Å²) in [7, 11) is 0. The van der Waals surface area contributed by atoms with Crippen LogP contribution in [-0.4, -0.2) is 54.6 Å². The first-order valence-corrected chi connectivity index (χ1v) is 5.97. The normalized spacial score (nSPS) is 30.1. The minimum Gasteiger partial charge on any atom is -0.387 e. The molecule has 1 saturated heterocycles. The molecule has 2 aromatic heterocycles. The molecule has 0 aromatic carbocycles. The zero-order chi connectivity index (χ0) is 14.4. The average Bonchev–Trinajstić information content (AvgIpc) is 2.93. The molecule has 0 spiro atoms. The summed E-state index contributed by atoms with van der Waals surface area (Å²) < 4.78 is 6.82. The summed E-state index contributed by atoms with van der Waals surface area (Å²) >= 11 is 0. The summed E-state index contributed by atoms with van der Waals surface area (Å²) in [6.45, 7) is 0.0531. The Balaban J connectivity index is 2.09. The number of hydrogen-bond acceptors (Lipinski definition) is 8. The molecular formula is C10H14N6O4. The Kier molecular flexibility index (Phi) is 2.94. The van der Waals surface area contributed by atoms with E-state index >= 15 is 0 Å². The standard InChI is InChI=1S/C10H14N6O4/c11-1-3-5(17)6(18)9(20-3)16-2-13-4-7(16)14-10(12)15-8(4)19/h2-3,5-6,9,17-18H,1,11H2,(H3,12,14,15,19)/t3-,5+,6-,9-/m0/s1. The monoisotopic (exact) mass is 282 g/mol. The van der Waals surface area contributed by atoms with E-state index in [1.807, 2.05) is 0 Å². The molecule has 108 valence electrons. The number of nitrogens with one attached hydrogen (secondary N) is 1. The van der Waals surface area contributed by atoms with Crippen molar-refractivity contribution in [3.63, 3.8) is 0 Å². The molecule has 3 rings (SSSR count). The van der Waals surface area contributed by atoms with Gasteiger partial charge >= 0.3 is 0 Å². The molecule has 1 aliphatic rings. The second-order valence-electron chi connectivity index (χ2n) is 4.56. The zero-order valence-electron chi connectivity index (χ0n) is 10.3. The molecule has 0 saturated carbocycles. The third kappa shape index (κ3) is 1.78. The van der Waals surface area contributed by atoms with E-state index in [9.17, 15) is 15.0 Å². The van der Waals surface area contributed by atoms with E-state index in [1.54, 1.807) is 0 Å². The lowest BCUT2D eigenvalue weighted by Gasteiger charge is -2.16. The maximum absolute atomic E-state index is 11.7. The van der Waals surface area contributed by atoms with E-state index in [2.05, 4.69) is 15.0 Å². The minimum atomic E-state index is -1.21. The fourth-order valence-corrected chi connectivity index (χ4v) is 2.28. The van der Waals surface area contributed by atoms with E-state index in [4.69, 9.17) is 16.2 Å². The van der Waals surface area contributed by atoms with Crippen LogP contribution in [0.4, 0.5) is 5.95 Å². The summed E-state index contributed by atoms with van der Waals surface area (Å²) in [5, 5.41) is 19.8. The number of aliphatic hydroxyl groups excluding tert-OH is 2. The van der Waals surface area contributed by atoms with Gasteiger partial charge in [0.2, 0.25) is 5.95 Å². The van der Waals surface area contributed by atoms with Crippen LogP contribution < -0.4 is 17.0 Å². The van der Waals surface area contributed by atoms with E-state index in [0.29, 0.717) is 0 Å². The van der Waals surface area contributed by atoms with Crippen LogP contribution in [0, 0.1) is 0 Å². The maximum atomic E-state index is 11.7. The molecule has 4 atom stereocenters. The summed E-state index contributed by atoms with van der Waals surface area (Å²) in [6.07, 6.45) is -2.67. The van der Waals surface area contributed by atoms with Crippen LogP contribution in [0.5, 0.6) is 0 Å².